The summed E-state index contributed by atoms with van der Waals surface area (Å²) >= 11 is 7.09. The van der Waals surface area contributed by atoms with Crippen molar-refractivity contribution in [1.82, 2.24) is 30.4 Å². The van der Waals surface area contributed by atoms with E-state index in [1.54, 1.807) is 6.33 Å². The van der Waals surface area contributed by atoms with Crippen LogP contribution < -0.4 is 15.0 Å². The normalized spacial score (nSPS) is 21.4. The van der Waals surface area contributed by atoms with Crippen LogP contribution in [0.1, 0.15) is 12.0 Å². The number of nitrogens with zero attached hydrogens (tertiary/aromatic N) is 5. The lowest BCUT2D eigenvalue weighted by atomic mass is 9.95. The molecule has 2 atom stereocenters. The Balaban J connectivity index is 1.37. The lowest BCUT2D eigenvalue weighted by molar-refractivity contribution is -0.131. The van der Waals surface area contributed by atoms with Crippen molar-refractivity contribution in [3.63, 3.8) is 0 Å². The zero-order valence-corrected chi connectivity index (χ0v) is 20.0. The van der Waals surface area contributed by atoms with E-state index in [2.05, 4.69) is 43.4 Å². The van der Waals surface area contributed by atoms with Crippen LogP contribution in [0.5, 0.6) is 5.75 Å². The third kappa shape index (κ3) is 3.25. The molecule has 2 aromatic heterocycles. The summed E-state index contributed by atoms with van der Waals surface area (Å²) in [5.74, 6) is 1.63. The maximum absolute atomic E-state index is 12.7. The number of carbonyl (C=O) groups excluding carboxylic acids is 1. The minimum absolute atomic E-state index is 0.0156. The Morgan fingerprint density at radius 1 is 1.26 bits per heavy atom. The molecule has 1 amide bonds. The molecule has 2 fully saturated rings. The standard InChI is InChI=1S/C25H24ClN7O2/c1-13-2-3-17-16(9-30-31-17)20(13)15-8-18-21-23(22(15)26)35-7-4-14-11-32(25(34)19-10-27-19)5-6-33(14)24(21)29-12-28-18/h2-3,8-9,12,14,19,27H,4-7,10-11H2,1H3,(H,30,31)/t14-,19+/m1/s1. The van der Waals surface area contributed by atoms with Crippen molar-refractivity contribution in [1.29, 1.82) is 0 Å². The number of aromatic nitrogens is 4. The van der Waals surface area contributed by atoms with Crippen molar-refractivity contribution < 1.29 is 9.53 Å². The first-order chi connectivity index (χ1) is 17.1. The third-order valence-electron chi connectivity index (χ3n) is 7.37. The first kappa shape index (κ1) is 20.9. The van der Waals surface area contributed by atoms with Gasteiger partial charge in [0.25, 0.3) is 0 Å². The Hall–Kier alpha value is -3.43. The van der Waals surface area contributed by atoms with Crippen molar-refractivity contribution in [3.8, 4) is 16.9 Å². The van der Waals surface area contributed by atoms with E-state index in [0.29, 0.717) is 37.0 Å². The van der Waals surface area contributed by atoms with Gasteiger partial charge in [0.15, 0.2) is 5.75 Å². The van der Waals surface area contributed by atoms with Gasteiger partial charge in [-0.15, -0.1) is 0 Å². The molecule has 0 bridgehead atoms. The summed E-state index contributed by atoms with van der Waals surface area (Å²) in [4.78, 5) is 26.2. The molecule has 2 aromatic carbocycles. The maximum atomic E-state index is 12.7. The lowest BCUT2D eigenvalue weighted by Gasteiger charge is -2.43. The molecule has 0 radical (unpaired) electrons. The number of piperazine rings is 1. The van der Waals surface area contributed by atoms with E-state index >= 15 is 0 Å². The van der Waals surface area contributed by atoms with E-state index < -0.39 is 0 Å². The Labute approximate surface area is 206 Å². The van der Waals surface area contributed by atoms with E-state index in [1.165, 1.54) is 0 Å². The van der Waals surface area contributed by atoms with Crippen molar-refractivity contribution in [2.24, 2.45) is 0 Å². The van der Waals surface area contributed by atoms with Crippen LogP contribution in [0.3, 0.4) is 0 Å². The fourth-order valence-corrected chi connectivity index (χ4v) is 5.80. The average molecular weight is 490 g/mol. The molecule has 0 saturated carbocycles. The highest BCUT2D eigenvalue weighted by Gasteiger charge is 2.38. The highest BCUT2D eigenvalue weighted by atomic mass is 35.5. The Kier molecular flexibility index (Phi) is 4.65. The zero-order valence-electron chi connectivity index (χ0n) is 19.2. The number of benzene rings is 2. The highest BCUT2D eigenvalue weighted by molar-refractivity contribution is 6.37. The molecule has 178 valence electrons. The van der Waals surface area contributed by atoms with Gasteiger partial charge in [-0.25, -0.2) is 9.97 Å². The van der Waals surface area contributed by atoms with Crippen LogP contribution >= 0.6 is 11.6 Å². The molecule has 2 saturated heterocycles. The number of H-pyrrole nitrogens is 1. The predicted octanol–water partition coefficient (Wildman–Crippen LogP) is 2.91. The van der Waals surface area contributed by atoms with Gasteiger partial charge < -0.3 is 19.9 Å². The summed E-state index contributed by atoms with van der Waals surface area (Å²) in [6.07, 6.45) is 4.20. The van der Waals surface area contributed by atoms with Gasteiger partial charge in [0.05, 0.1) is 46.3 Å². The van der Waals surface area contributed by atoms with Gasteiger partial charge in [-0.2, -0.15) is 5.10 Å². The first-order valence-corrected chi connectivity index (χ1v) is 12.3. The van der Waals surface area contributed by atoms with Gasteiger partial charge in [0.2, 0.25) is 5.91 Å². The molecule has 0 aliphatic carbocycles. The van der Waals surface area contributed by atoms with Crippen molar-refractivity contribution >= 4 is 45.1 Å². The van der Waals surface area contributed by atoms with Crippen LogP contribution in [0.2, 0.25) is 5.02 Å². The number of ether oxygens (including phenoxy) is 1. The Morgan fingerprint density at radius 2 is 2.14 bits per heavy atom. The van der Waals surface area contributed by atoms with Gasteiger partial charge in [-0.1, -0.05) is 17.7 Å². The number of anilines is 1. The van der Waals surface area contributed by atoms with Crippen LogP contribution in [-0.2, 0) is 4.79 Å². The van der Waals surface area contributed by atoms with Crippen LogP contribution in [-0.4, -0.2) is 75.8 Å². The molecule has 3 aliphatic rings. The third-order valence-corrected chi connectivity index (χ3v) is 7.75. The highest BCUT2D eigenvalue weighted by Crippen LogP contribution is 2.47. The summed E-state index contributed by atoms with van der Waals surface area (Å²) in [5, 5.41) is 12.8. The number of halogens is 1. The van der Waals surface area contributed by atoms with Gasteiger partial charge in [0, 0.05) is 43.5 Å². The number of hydrogen-bond acceptors (Lipinski definition) is 7. The number of carbonyl (C=O) groups is 1. The molecule has 10 heteroatoms. The second-order valence-corrected chi connectivity index (χ2v) is 9.85. The molecule has 0 unspecified atom stereocenters. The molecular formula is C25H24ClN7O2. The number of fused-ring (bicyclic) bond motifs is 3. The molecule has 5 heterocycles. The van der Waals surface area contributed by atoms with E-state index in [4.69, 9.17) is 16.3 Å². The average Bonchev–Trinajstić information content (AvgIpc) is 3.60. The fourth-order valence-electron chi connectivity index (χ4n) is 5.50. The van der Waals surface area contributed by atoms with E-state index in [1.807, 2.05) is 23.2 Å². The minimum Gasteiger partial charge on any atom is -0.491 e. The van der Waals surface area contributed by atoms with Crippen LogP contribution in [0.15, 0.2) is 30.7 Å². The smallest absolute Gasteiger partial charge is 0.241 e. The number of aromatic amines is 1. The molecule has 2 N–H and O–H groups in total. The summed E-state index contributed by atoms with van der Waals surface area (Å²) in [7, 11) is 0. The van der Waals surface area contributed by atoms with E-state index in [0.717, 1.165) is 57.3 Å². The largest absolute Gasteiger partial charge is 0.491 e. The van der Waals surface area contributed by atoms with E-state index in [-0.39, 0.29) is 18.0 Å². The van der Waals surface area contributed by atoms with E-state index in [9.17, 15) is 4.79 Å². The lowest BCUT2D eigenvalue weighted by Crippen LogP contribution is -2.56. The number of aryl methyl sites for hydroxylation is 1. The van der Waals surface area contributed by atoms with Crippen LogP contribution in [0, 0.1) is 6.92 Å². The maximum Gasteiger partial charge on any atom is 0.241 e. The van der Waals surface area contributed by atoms with Gasteiger partial charge >= 0.3 is 0 Å². The van der Waals surface area contributed by atoms with Crippen molar-refractivity contribution in [3.05, 3.63) is 41.3 Å². The molecule has 0 spiro atoms. The van der Waals surface area contributed by atoms with Gasteiger partial charge in [-0.3, -0.25) is 9.89 Å². The summed E-state index contributed by atoms with van der Waals surface area (Å²) in [6.45, 7) is 5.38. The molecule has 4 aromatic rings. The second kappa shape index (κ2) is 7.79. The monoisotopic (exact) mass is 489 g/mol. The number of amides is 1. The Bertz CT molecular complexity index is 1500. The summed E-state index contributed by atoms with van der Waals surface area (Å²) in [5.41, 5.74) is 4.71. The number of rotatable bonds is 2. The SMILES string of the molecule is Cc1ccc2[nH]ncc2c1-c1cc2ncnc3c2c(c1Cl)OCC[C@@H]1CN(C(=O)[C@@H]2CN2)CCN31. The molecule has 35 heavy (non-hydrogen) atoms. The molecular weight excluding hydrogens is 466 g/mol. The van der Waals surface area contributed by atoms with Gasteiger partial charge in [-0.05, 0) is 30.2 Å². The summed E-state index contributed by atoms with van der Waals surface area (Å²) < 4.78 is 6.35. The number of hydrogen-bond donors (Lipinski definition) is 2. The van der Waals surface area contributed by atoms with Crippen molar-refractivity contribution in [2.75, 3.05) is 37.7 Å². The van der Waals surface area contributed by atoms with Crippen LogP contribution in [0.25, 0.3) is 32.9 Å². The Morgan fingerprint density at radius 3 is 3.00 bits per heavy atom. The van der Waals surface area contributed by atoms with Gasteiger partial charge in [0.1, 0.15) is 12.1 Å². The molecule has 7 rings (SSSR count). The predicted molar refractivity (Wildman–Crippen MR) is 134 cm³/mol. The van der Waals surface area contributed by atoms with Crippen LogP contribution in [0.4, 0.5) is 5.82 Å². The second-order valence-electron chi connectivity index (χ2n) is 9.48. The molecule has 3 aliphatic heterocycles. The zero-order chi connectivity index (χ0) is 23.7. The minimum atomic E-state index is -0.0156. The number of nitrogens with one attached hydrogen (secondary N) is 2. The fraction of sp³-hybridized carbons (Fsp3) is 0.360. The van der Waals surface area contributed by atoms with Crippen molar-refractivity contribution in [2.45, 2.75) is 25.4 Å². The quantitative estimate of drug-likeness (QED) is 0.417. The summed E-state index contributed by atoms with van der Waals surface area (Å²) in [6, 6.07) is 6.22. The topological polar surface area (TPSA) is 109 Å². The first-order valence-electron chi connectivity index (χ1n) is 11.9. The molecule has 9 nitrogen and oxygen atoms in total.